The maximum Gasteiger partial charge on any atom is 0.147 e. The Hall–Kier alpha value is -1.56. The number of nitriles is 1. The highest BCUT2D eigenvalue weighted by atomic mass is 15.2. The molecule has 0 N–H and O–H groups in total. The molecule has 0 aromatic carbocycles. The molecule has 0 radical (unpaired) electrons. The second-order valence-electron chi connectivity index (χ2n) is 5.22. The lowest BCUT2D eigenvalue weighted by Gasteiger charge is -2.26. The molecule has 90 valence electrons. The molecule has 17 heavy (non-hydrogen) atoms. The Morgan fingerprint density at radius 3 is 2.76 bits per heavy atom. The van der Waals surface area contributed by atoms with Gasteiger partial charge in [0.15, 0.2) is 0 Å². The first kappa shape index (κ1) is 11.9. The van der Waals surface area contributed by atoms with Gasteiger partial charge in [0.05, 0.1) is 5.56 Å². The van der Waals surface area contributed by atoms with Crippen molar-refractivity contribution in [1.29, 1.82) is 5.26 Å². The molecule has 0 aliphatic heterocycles. The number of pyridine rings is 1. The van der Waals surface area contributed by atoms with Crippen LogP contribution in [0.25, 0.3) is 0 Å². The molecule has 1 aromatic rings. The zero-order chi connectivity index (χ0) is 12.4. The second-order valence-corrected chi connectivity index (χ2v) is 5.22. The molecule has 1 aromatic heterocycles. The maximum atomic E-state index is 9.27. The predicted molar refractivity (Wildman–Crippen MR) is 68.9 cm³/mol. The summed E-state index contributed by atoms with van der Waals surface area (Å²) in [6.07, 6.45) is 4.27. The van der Waals surface area contributed by atoms with Crippen molar-refractivity contribution in [3.8, 4) is 6.07 Å². The third kappa shape index (κ3) is 2.58. The molecule has 1 aliphatic rings. The van der Waals surface area contributed by atoms with Crippen LogP contribution in [0.1, 0.15) is 37.8 Å². The number of nitrogens with zero attached hydrogens (tertiary/aromatic N) is 3. The number of rotatable bonds is 4. The number of hydrogen-bond acceptors (Lipinski definition) is 3. The molecule has 3 heteroatoms. The molecule has 1 heterocycles. The van der Waals surface area contributed by atoms with Crippen LogP contribution in [0, 0.1) is 24.2 Å². The zero-order valence-corrected chi connectivity index (χ0v) is 10.8. The minimum atomic E-state index is 0.587. The molecule has 0 saturated heterocycles. The van der Waals surface area contributed by atoms with Gasteiger partial charge in [0.1, 0.15) is 11.9 Å². The van der Waals surface area contributed by atoms with Crippen LogP contribution in [0.15, 0.2) is 12.3 Å². The Kier molecular flexibility index (Phi) is 3.33. The summed E-state index contributed by atoms with van der Waals surface area (Å²) in [5.74, 6) is 1.47. The minimum Gasteiger partial charge on any atom is -0.352 e. The van der Waals surface area contributed by atoms with Crippen molar-refractivity contribution in [1.82, 2.24) is 4.98 Å². The van der Waals surface area contributed by atoms with Crippen LogP contribution in [-0.2, 0) is 0 Å². The summed E-state index contributed by atoms with van der Waals surface area (Å²) in [5.41, 5.74) is 1.76. The highest BCUT2D eigenvalue weighted by Gasteiger charge is 2.31. The van der Waals surface area contributed by atoms with Gasteiger partial charge in [-0.15, -0.1) is 0 Å². The van der Waals surface area contributed by atoms with E-state index in [4.69, 9.17) is 0 Å². The summed E-state index contributed by atoms with van der Waals surface area (Å²) in [6, 6.07) is 4.80. The molecule has 0 atom stereocenters. The van der Waals surface area contributed by atoms with Crippen molar-refractivity contribution in [2.75, 3.05) is 11.4 Å². The third-order valence-electron chi connectivity index (χ3n) is 3.07. The number of hydrogen-bond donors (Lipinski definition) is 0. The molecule has 3 nitrogen and oxygen atoms in total. The van der Waals surface area contributed by atoms with Crippen LogP contribution in [0.2, 0.25) is 0 Å². The van der Waals surface area contributed by atoms with Gasteiger partial charge in [-0.25, -0.2) is 4.98 Å². The fraction of sp³-hybridized carbons (Fsp3) is 0.571. The SMILES string of the molecule is Cc1ccnc(N(CC(C)C)C2CC2)c1C#N. The average Bonchev–Trinajstić information content (AvgIpc) is 3.09. The van der Waals surface area contributed by atoms with Gasteiger partial charge in [-0.3, -0.25) is 0 Å². The number of anilines is 1. The smallest absolute Gasteiger partial charge is 0.147 e. The fourth-order valence-electron chi connectivity index (χ4n) is 2.09. The second kappa shape index (κ2) is 4.75. The van der Waals surface area contributed by atoms with E-state index in [-0.39, 0.29) is 0 Å². The average molecular weight is 229 g/mol. The van der Waals surface area contributed by atoms with Gasteiger partial charge in [-0.1, -0.05) is 13.8 Å². The van der Waals surface area contributed by atoms with E-state index in [9.17, 15) is 5.26 Å². The van der Waals surface area contributed by atoms with E-state index < -0.39 is 0 Å². The Morgan fingerprint density at radius 2 is 2.24 bits per heavy atom. The highest BCUT2D eigenvalue weighted by Crippen LogP contribution is 2.33. The first-order valence-electron chi connectivity index (χ1n) is 6.25. The Bertz CT molecular complexity index is 441. The van der Waals surface area contributed by atoms with Crippen molar-refractivity contribution in [3.05, 3.63) is 23.4 Å². The number of aryl methyl sites for hydroxylation is 1. The largest absolute Gasteiger partial charge is 0.352 e. The molecule has 1 fully saturated rings. The third-order valence-corrected chi connectivity index (χ3v) is 3.07. The topological polar surface area (TPSA) is 39.9 Å². The monoisotopic (exact) mass is 229 g/mol. The van der Waals surface area contributed by atoms with Crippen molar-refractivity contribution in [2.24, 2.45) is 5.92 Å². The molecule has 0 amide bonds. The highest BCUT2D eigenvalue weighted by molar-refractivity contribution is 5.58. The van der Waals surface area contributed by atoms with Gasteiger partial charge < -0.3 is 4.90 Å². The lowest BCUT2D eigenvalue weighted by atomic mass is 10.1. The summed E-state index contributed by atoms with van der Waals surface area (Å²) in [6.45, 7) is 7.37. The normalized spacial score (nSPS) is 14.8. The predicted octanol–water partition coefficient (Wildman–Crippen LogP) is 2.89. The van der Waals surface area contributed by atoms with E-state index in [1.165, 1.54) is 12.8 Å². The van der Waals surface area contributed by atoms with E-state index in [1.807, 2.05) is 13.0 Å². The van der Waals surface area contributed by atoms with Crippen molar-refractivity contribution in [2.45, 2.75) is 39.7 Å². The van der Waals surface area contributed by atoms with Gasteiger partial charge in [0.2, 0.25) is 0 Å². The van der Waals surface area contributed by atoms with Crippen molar-refractivity contribution >= 4 is 5.82 Å². The number of aromatic nitrogens is 1. The molecule has 1 saturated carbocycles. The van der Waals surface area contributed by atoms with Gasteiger partial charge in [0.25, 0.3) is 0 Å². The zero-order valence-electron chi connectivity index (χ0n) is 10.8. The lowest BCUT2D eigenvalue weighted by molar-refractivity contribution is 0.602. The summed E-state index contributed by atoms with van der Waals surface area (Å²) in [4.78, 5) is 6.74. The Morgan fingerprint density at radius 1 is 1.53 bits per heavy atom. The molecule has 0 bridgehead atoms. The van der Waals surface area contributed by atoms with Crippen LogP contribution in [-0.4, -0.2) is 17.6 Å². The van der Waals surface area contributed by atoms with Crippen molar-refractivity contribution < 1.29 is 0 Å². The summed E-state index contributed by atoms with van der Waals surface area (Å²) < 4.78 is 0. The minimum absolute atomic E-state index is 0.587. The van der Waals surface area contributed by atoms with E-state index in [0.717, 1.165) is 23.5 Å². The van der Waals surface area contributed by atoms with Gasteiger partial charge >= 0.3 is 0 Å². The van der Waals surface area contributed by atoms with E-state index >= 15 is 0 Å². The quantitative estimate of drug-likeness (QED) is 0.797. The molecular weight excluding hydrogens is 210 g/mol. The van der Waals surface area contributed by atoms with E-state index in [0.29, 0.717) is 12.0 Å². The maximum absolute atomic E-state index is 9.27. The molecule has 1 aliphatic carbocycles. The Balaban J connectivity index is 2.36. The summed E-state index contributed by atoms with van der Waals surface area (Å²) >= 11 is 0. The van der Waals surface area contributed by atoms with Crippen LogP contribution in [0.3, 0.4) is 0 Å². The van der Waals surface area contributed by atoms with E-state index in [1.54, 1.807) is 6.20 Å². The first-order valence-corrected chi connectivity index (χ1v) is 6.25. The van der Waals surface area contributed by atoms with Crippen LogP contribution in [0.5, 0.6) is 0 Å². The van der Waals surface area contributed by atoms with Crippen LogP contribution in [0.4, 0.5) is 5.82 Å². The lowest BCUT2D eigenvalue weighted by Crippen LogP contribution is -2.31. The van der Waals surface area contributed by atoms with Crippen LogP contribution >= 0.6 is 0 Å². The molecule has 0 spiro atoms. The summed E-state index contributed by atoms with van der Waals surface area (Å²) in [5, 5.41) is 9.27. The molecular formula is C14H19N3. The first-order chi connectivity index (χ1) is 8.13. The van der Waals surface area contributed by atoms with E-state index in [2.05, 4.69) is 29.8 Å². The molecule has 0 unspecified atom stereocenters. The van der Waals surface area contributed by atoms with Gasteiger partial charge in [0, 0.05) is 18.8 Å². The van der Waals surface area contributed by atoms with Gasteiger partial charge in [-0.05, 0) is 37.3 Å². The standard InChI is InChI=1S/C14H19N3/c1-10(2)9-17(12-4-5-12)14-13(8-15)11(3)6-7-16-14/h6-7,10,12H,4-5,9H2,1-3H3. The van der Waals surface area contributed by atoms with Gasteiger partial charge in [-0.2, -0.15) is 5.26 Å². The Labute approximate surface area is 103 Å². The van der Waals surface area contributed by atoms with Crippen molar-refractivity contribution in [3.63, 3.8) is 0 Å². The fourth-order valence-corrected chi connectivity index (χ4v) is 2.09. The summed E-state index contributed by atoms with van der Waals surface area (Å²) in [7, 11) is 0. The molecule has 2 rings (SSSR count). The van der Waals surface area contributed by atoms with Crippen LogP contribution < -0.4 is 4.90 Å².